The standard InChI is InChI=1S/C15H20FN3/c1-9-6-13(16)12(14-11(9)8-18-19-14)7-17-10(2)15(3,4)5/h6,8,17H,2,7H2,1,3-5H3,(H,18,19). The normalized spacial score (nSPS) is 11.8. The average Bonchev–Trinajstić information content (AvgIpc) is 2.76. The third kappa shape index (κ3) is 2.62. The van der Waals surface area contributed by atoms with Gasteiger partial charge in [0.1, 0.15) is 5.82 Å². The van der Waals surface area contributed by atoms with Crippen LogP contribution < -0.4 is 5.32 Å². The van der Waals surface area contributed by atoms with Gasteiger partial charge in [-0.25, -0.2) is 4.39 Å². The first-order valence-corrected chi connectivity index (χ1v) is 6.35. The van der Waals surface area contributed by atoms with Crippen LogP contribution in [-0.2, 0) is 6.54 Å². The Labute approximate surface area is 112 Å². The molecule has 1 aromatic carbocycles. The average molecular weight is 261 g/mol. The van der Waals surface area contributed by atoms with Gasteiger partial charge in [-0.05, 0) is 18.6 Å². The first-order valence-electron chi connectivity index (χ1n) is 6.35. The number of aromatic amines is 1. The summed E-state index contributed by atoms with van der Waals surface area (Å²) >= 11 is 0. The van der Waals surface area contributed by atoms with Crippen molar-refractivity contribution in [2.75, 3.05) is 0 Å². The molecule has 0 bridgehead atoms. The van der Waals surface area contributed by atoms with Gasteiger partial charge in [-0.15, -0.1) is 0 Å². The lowest BCUT2D eigenvalue weighted by Gasteiger charge is -2.23. The number of benzene rings is 1. The maximum Gasteiger partial charge on any atom is 0.130 e. The Morgan fingerprint density at radius 3 is 2.79 bits per heavy atom. The molecule has 0 spiro atoms. The minimum atomic E-state index is -0.219. The summed E-state index contributed by atoms with van der Waals surface area (Å²) in [6, 6.07) is 1.55. The van der Waals surface area contributed by atoms with Crippen molar-refractivity contribution < 1.29 is 4.39 Å². The minimum Gasteiger partial charge on any atom is -0.384 e. The summed E-state index contributed by atoms with van der Waals surface area (Å²) in [5.74, 6) is -0.219. The number of allylic oxidation sites excluding steroid dienone is 1. The van der Waals surface area contributed by atoms with E-state index in [9.17, 15) is 4.39 Å². The Balaban J connectivity index is 2.31. The SMILES string of the molecule is C=C(NCc1c(F)cc(C)c2cn[nH]c12)C(C)(C)C. The maximum atomic E-state index is 14.1. The van der Waals surface area contributed by atoms with Crippen molar-refractivity contribution in [3.63, 3.8) is 0 Å². The summed E-state index contributed by atoms with van der Waals surface area (Å²) in [5, 5.41) is 11.0. The molecule has 1 heterocycles. The molecule has 0 unspecified atom stereocenters. The summed E-state index contributed by atoms with van der Waals surface area (Å²) in [6.07, 6.45) is 1.73. The molecule has 0 fully saturated rings. The van der Waals surface area contributed by atoms with E-state index >= 15 is 0 Å². The number of aromatic nitrogens is 2. The molecule has 2 aromatic rings. The second-order valence-electron chi connectivity index (χ2n) is 5.89. The van der Waals surface area contributed by atoms with Crippen LogP contribution in [0.5, 0.6) is 0 Å². The number of hydrogen-bond donors (Lipinski definition) is 2. The van der Waals surface area contributed by atoms with Gasteiger partial charge in [-0.3, -0.25) is 5.10 Å². The fourth-order valence-corrected chi connectivity index (χ4v) is 1.92. The van der Waals surface area contributed by atoms with Crippen LogP contribution in [0, 0.1) is 18.2 Å². The van der Waals surface area contributed by atoms with Crippen molar-refractivity contribution in [2.45, 2.75) is 34.2 Å². The molecule has 0 radical (unpaired) electrons. The Bertz CT molecular complexity index is 620. The zero-order valence-corrected chi connectivity index (χ0v) is 11.9. The quantitative estimate of drug-likeness (QED) is 0.885. The lowest BCUT2D eigenvalue weighted by Crippen LogP contribution is -2.23. The molecule has 2 rings (SSSR count). The van der Waals surface area contributed by atoms with E-state index in [1.165, 1.54) is 0 Å². The third-order valence-electron chi connectivity index (χ3n) is 3.38. The van der Waals surface area contributed by atoms with E-state index in [-0.39, 0.29) is 11.2 Å². The van der Waals surface area contributed by atoms with Gasteiger partial charge in [0.15, 0.2) is 0 Å². The first kappa shape index (κ1) is 13.6. The van der Waals surface area contributed by atoms with Crippen LogP contribution in [0.1, 0.15) is 31.9 Å². The number of nitrogens with one attached hydrogen (secondary N) is 2. The van der Waals surface area contributed by atoms with Gasteiger partial charge in [0, 0.05) is 28.6 Å². The van der Waals surface area contributed by atoms with Crippen LogP contribution in [0.3, 0.4) is 0 Å². The van der Waals surface area contributed by atoms with Crippen LogP contribution in [0.25, 0.3) is 10.9 Å². The summed E-state index contributed by atoms with van der Waals surface area (Å²) in [5.41, 5.74) is 3.09. The Morgan fingerprint density at radius 2 is 2.16 bits per heavy atom. The molecular weight excluding hydrogens is 241 g/mol. The molecule has 0 aliphatic carbocycles. The maximum absolute atomic E-state index is 14.1. The van der Waals surface area contributed by atoms with Gasteiger partial charge in [0.25, 0.3) is 0 Å². The molecule has 0 aliphatic heterocycles. The second kappa shape index (κ2) is 4.68. The molecule has 3 nitrogen and oxygen atoms in total. The van der Waals surface area contributed by atoms with E-state index in [1.807, 2.05) is 6.92 Å². The predicted molar refractivity (Wildman–Crippen MR) is 76.2 cm³/mol. The van der Waals surface area contributed by atoms with Crippen LogP contribution in [-0.4, -0.2) is 10.2 Å². The van der Waals surface area contributed by atoms with E-state index in [4.69, 9.17) is 0 Å². The number of rotatable bonds is 3. The lowest BCUT2D eigenvalue weighted by atomic mass is 9.93. The monoisotopic (exact) mass is 261 g/mol. The lowest BCUT2D eigenvalue weighted by molar-refractivity contribution is 0.459. The Hall–Kier alpha value is -1.84. The van der Waals surface area contributed by atoms with E-state index in [2.05, 4.69) is 42.9 Å². The molecule has 102 valence electrons. The van der Waals surface area contributed by atoms with E-state index in [0.717, 1.165) is 22.2 Å². The van der Waals surface area contributed by atoms with Gasteiger partial charge in [0.05, 0.1) is 11.7 Å². The number of halogens is 1. The minimum absolute atomic E-state index is 0.0473. The number of hydrogen-bond acceptors (Lipinski definition) is 2. The van der Waals surface area contributed by atoms with Gasteiger partial charge in [0.2, 0.25) is 0 Å². The van der Waals surface area contributed by atoms with E-state index in [1.54, 1.807) is 12.3 Å². The highest BCUT2D eigenvalue weighted by molar-refractivity contribution is 5.84. The molecule has 4 heteroatoms. The molecule has 0 aliphatic rings. The molecule has 0 amide bonds. The van der Waals surface area contributed by atoms with Crippen LogP contribution in [0.4, 0.5) is 4.39 Å². The highest BCUT2D eigenvalue weighted by atomic mass is 19.1. The van der Waals surface area contributed by atoms with Gasteiger partial charge in [-0.2, -0.15) is 5.10 Å². The highest BCUT2D eigenvalue weighted by Gasteiger charge is 2.17. The molecule has 0 saturated carbocycles. The molecular formula is C15H20FN3. The molecule has 19 heavy (non-hydrogen) atoms. The van der Waals surface area contributed by atoms with Gasteiger partial charge in [-0.1, -0.05) is 27.4 Å². The highest BCUT2D eigenvalue weighted by Crippen LogP contribution is 2.25. The zero-order chi connectivity index (χ0) is 14.2. The smallest absolute Gasteiger partial charge is 0.130 e. The van der Waals surface area contributed by atoms with Crippen molar-refractivity contribution in [3.05, 3.63) is 41.5 Å². The molecule has 2 N–H and O–H groups in total. The Kier molecular flexibility index (Phi) is 3.35. The van der Waals surface area contributed by atoms with E-state index in [0.29, 0.717) is 12.1 Å². The summed E-state index contributed by atoms with van der Waals surface area (Å²) < 4.78 is 14.1. The molecule has 0 saturated heterocycles. The molecule has 0 atom stereocenters. The van der Waals surface area contributed by atoms with Crippen molar-refractivity contribution in [1.29, 1.82) is 0 Å². The van der Waals surface area contributed by atoms with Crippen LogP contribution >= 0.6 is 0 Å². The van der Waals surface area contributed by atoms with Crippen LogP contribution in [0.2, 0.25) is 0 Å². The fraction of sp³-hybridized carbons (Fsp3) is 0.400. The third-order valence-corrected chi connectivity index (χ3v) is 3.38. The summed E-state index contributed by atoms with van der Waals surface area (Å²) in [6.45, 7) is 12.5. The number of aryl methyl sites for hydroxylation is 1. The largest absolute Gasteiger partial charge is 0.384 e. The number of fused-ring (bicyclic) bond motifs is 1. The Morgan fingerprint density at radius 1 is 1.47 bits per heavy atom. The molecule has 1 aromatic heterocycles. The van der Waals surface area contributed by atoms with Crippen molar-refractivity contribution in [2.24, 2.45) is 5.41 Å². The van der Waals surface area contributed by atoms with Crippen molar-refractivity contribution in [1.82, 2.24) is 15.5 Å². The van der Waals surface area contributed by atoms with Crippen LogP contribution in [0.15, 0.2) is 24.5 Å². The second-order valence-corrected chi connectivity index (χ2v) is 5.89. The van der Waals surface area contributed by atoms with E-state index < -0.39 is 0 Å². The van der Waals surface area contributed by atoms with Gasteiger partial charge < -0.3 is 5.32 Å². The number of H-pyrrole nitrogens is 1. The fourth-order valence-electron chi connectivity index (χ4n) is 1.92. The summed E-state index contributed by atoms with van der Waals surface area (Å²) in [4.78, 5) is 0. The number of nitrogens with zero attached hydrogens (tertiary/aromatic N) is 1. The van der Waals surface area contributed by atoms with Crippen molar-refractivity contribution in [3.8, 4) is 0 Å². The topological polar surface area (TPSA) is 40.7 Å². The predicted octanol–water partition coefficient (Wildman–Crippen LogP) is 3.66. The van der Waals surface area contributed by atoms with Crippen molar-refractivity contribution >= 4 is 10.9 Å². The summed E-state index contributed by atoms with van der Waals surface area (Å²) in [7, 11) is 0. The van der Waals surface area contributed by atoms with Gasteiger partial charge >= 0.3 is 0 Å². The first-order chi connectivity index (χ1) is 8.80. The zero-order valence-electron chi connectivity index (χ0n) is 11.9.